The lowest BCUT2D eigenvalue weighted by Crippen LogP contribution is -2.28. The largest absolute Gasteiger partial charge is 0.453 e. The molecule has 1 aromatic rings. The predicted molar refractivity (Wildman–Crippen MR) is 74.0 cm³/mol. The van der Waals surface area contributed by atoms with E-state index in [1.165, 1.54) is 17.6 Å². The van der Waals surface area contributed by atoms with Crippen LogP contribution in [0.4, 0.5) is 4.79 Å². The molecule has 1 atom stereocenters. The van der Waals surface area contributed by atoms with Crippen molar-refractivity contribution >= 4 is 17.9 Å². The highest BCUT2D eigenvalue weighted by atomic mass is 32.2. The first-order valence-electron chi connectivity index (χ1n) is 6.18. The normalized spacial score (nSPS) is 19.0. The number of amides is 1. The molecule has 0 aromatic heterocycles. The van der Waals surface area contributed by atoms with Crippen LogP contribution in [0.5, 0.6) is 0 Å². The number of ether oxygens (including phenoxy) is 1. The first kappa shape index (κ1) is 13.3. The summed E-state index contributed by atoms with van der Waals surface area (Å²) in [5.41, 5.74) is 1.35. The number of likely N-dealkylation sites (tertiary alicyclic amines) is 1. The van der Waals surface area contributed by atoms with E-state index >= 15 is 0 Å². The highest BCUT2D eigenvalue weighted by Crippen LogP contribution is 2.22. The third-order valence-corrected chi connectivity index (χ3v) is 4.15. The fourth-order valence-corrected chi connectivity index (χ4v) is 2.80. The third kappa shape index (κ3) is 3.19. The van der Waals surface area contributed by atoms with Crippen LogP contribution < -0.4 is 0 Å². The minimum absolute atomic E-state index is 0.199. The van der Waals surface area contributed by atoms with Gasteiger partial charge in [-0.25, -0.2) is 4.79 Å². The average molecular weight is 265 g/mol. The first-order valence-corrected chi connectivity index (χ1v) is 7.41. The van der Waals surface area contributed by atoms with E-state index in [-0.39, 0.29) is 6.09 Å². The van der Waals surface area contributed by atoms with E-state index < -0.39 is 0 Å². The Labute approximate surface area is 113 Å². The summed E-state index contributed by atoms with van der Waals surface area (Å²) in [6.07, 6.45) is 4.00. The second-order valence-corrected chi connectivity index (χ2v) is 5.50. The van der Waals surface area contributed by atoms with Gasteiger partial charge in [0.15, 0.2) is 0 Å². The van der Waals surface area contributed by atoms with Gasteiger partial charge in [0.05, 0.1) is 7.11 Å². The van der Waals surface area contributed by atoms with Crippen molar-refractivity contribution in [3.05, 3.63) is 29.8 Å². The van der Waals surface area contributed by atoms with Crippen molar-refractivity contribution in [3.63, 3.8) is 0 Å². The minimum atomic E-state index is -0.199. The Hall–Kier alpha value is -1.16. The monoisotopic (exact) mass is 265 g/mol. The molecule has 1 fully saturated rings. The number of methoxy groups -OCH3 is 1. The van der Waals surface area contributed by atoms with Crippen molar-refractivity contribution in [1.82, 2.24) is 4.90 Å². The molecule has 0 radical (unpaired) electrons. The van der Waals surface area contributed by atoms with E-state index in [0.29, 0.717) is 5.92 Å². The molecule has 0 spiro atoms. The number of thioether (sulfide) groups is 1. The van der Waals surface area contributed by atoms with Gasteiger partial charge in [0.1, 0.15) is 0 Å². The van der Waals surface area contributed by atoms with E-state index in [9.17, 15) is 4.79 Å². The van der Waals surface area contributed by atoms with Crippen LogP contribution in [0, 0.1) is 5.92 Å². The molecule has 4 heteroatoms. The summed E-state index contributed by atoms with van der Waals surface area (Å²) in [6.45, 7) is 1.64. The molecule has 0 N–H and O–H groups in total. The standard InChI is InChI=1S/C14H19NO2S/c1-17-14(16)15-8-7-12(10-15)9-11-3-5-13(18-2)6-4-11/h3-6,12H,7-10H2,1-2H3. The number of rotatable bonds is 3. The molecule has 0 bridgehead atoms. The van der Waals surface area contributed by atoms with Crippen LogP contribution in [0.25, 0.3) is 0 Å². The zero-order valence-corrected chi connectivity index (χ0v) is 11.7. The van der Waals surface area contributed by atoms with E-state index in [0.717, 1.165) is 25.9 Å². The number of carbonyl (C=O) groups excluding carboxylic acids is 1. The molecular weight excluding hydrogens is 246 g/mol. The lowest BCUT2D eigenvalue weighted by molar-refractivity contribution is 0.131. The van der Waals surface area contributed by atoms with Crippen LogP contribution in [0.3, 0.4) is 0 Å². The zero-order valence-electron chi connectivity index (χ0n) is 10.9. The summed E-state index contributed by atoms with van der Waals surface area (Å²) in [5, 5.41) is 0. The van der Waals surface area contributed by atoms with Crippen LogP contribution in [-0.2, 0) is 11.2 Å². The number of hydrogen-bond acceptors (Lipinski definition) is 3. The van der Waals surface area contributed by atoms with Crippen LogP contribution in [0.2, 0.25) is 0 Å². The van der Waals surface area contributed by atoms with Crippen molar-refractivity contribution in [1.29, 1.82) is 0 Å². The fraction of sp³-hybridized carbons (Fsp3) is 0.500. The molecule has 3 nitrogen and oxygen atoms in total. The minimum Gasteiger partial charge on any atom is -0.453 e. The van der Waals surface area contributed by atoms with Crippen molar-refractivity contribution in [2.75, 3.05) is 26.5 Å². The van der Waals surface area contributed by atoms with Gasteiger partial charge in [0, 0.05) is 18.0 Å². The molecule has 2 rings (SSSR count). The maximum absolute atomic E-state index is 11.4. The molecule has 1 heterocycles. The average Bonchev–Trinajstić information content (AvgIpc) is 2.87. The molecular formula is C14H19NO2S. The molecule has 1 amide bonds. The molecule has 1 saturated heterocycles. The van der Waals surface area contributed by atoms with Crippen molar-refractivity contribution in [3.8, 4) is 0 Å². The SMILES string of the molecule is COC(=O)N1CCC(Cc2ccc(SC)cc2)C1. The number of carbonyl (C=O) groups is 1. The van der Waals surface area contributed by atoms with Crippen LogP contribution in [0.15, 0.2) is 29.2 Å². The Morgan fingerprint density at radius 2 is 2.17 bits per heavy atom. The summed E-state index contributed by atoms with van der Waals surface area (Å²) < 4.78 is 4.75. The lowest BCUT2D eigenvalue weighted by Gasteiger charge is -2.14. The van der Waals surface area contributed by atoms with Crippen LogP contribution in [0.1, 0.15) is 12.0 Å². The van der Waals surface area contributed by atoms with Crippen LogP contribution >= 0.6 is 11.8 Å². The predicted octanol–water partition coefficient (Wildman–Crippen LogP) is 3.04. The molecule has 1 aliphatic heterocycles. The lowest BCUT2D eigenvalue weighted by atomic mass is 9.99. The third-order valence-electron chi connectivity index (χ3n) is 3.40. The van der Waals surface area contributed by atoms with Gasteiger partial charge >= 0.3 is 6.09 Å². The van der Waals surface area contributed by atoms with E-state index in [4.69, 9.17) is 4.74 Å². The molecule has 0 saturated carbocycles. The summed E-state index contributed by atoms with van der Waals surface area (Å²) in [7, 11) is 1.44. The molecule has 1 aliphatic rings. The van der Waals surface area contributed by atoms with Gasteiger partial charge in [-0.2, -0.15) is 0 Å². The Morgan fingerprint density at radius 3 is 2.78 bits per heavy atom. The van der Waals surface area contributed by atoms with E-state index in [1.807, 2.05) is 0 Å². The second kappa shape index (κ2) is 6.14. The van der Waals surface area contributed by atoms with Gasteiger partial charge in [-0.05, 0) is 42.7 Å². The highest BCUT2D eigenvalue weighted by Gasteiger charge is 2.26. The van der Waals surface area contributed by atoms with Gasteiger partial charge in [-0.1, -0.05) is 12.1 Å². The van der Waals surface area contributed by atoms with Gasteiger partial charge < -0.3 is 9.64 Å². The number of nitrogens with zero attached hydrogens (tertiary/aromatic N) is 1. The van der Waals surface area contributed by atoms with Gasteiger partial charge in [-0.15, -0.1) is 11.8 Å². The molecule has 98 valence electrons. The summed E-state index contributed by atoms with van der Waals surface area (Å²) in [5.74, 6) is 0.559. The quantitative estimate of drug-likeness (QED) is 0.787. The zero-order chi connectivity index (χ0) is 13.0. The van der Waals surface area contributed by atoms with Gasteiger partial charge in [0.25, 0.3) is 0 Å². The van der Waals surface area contributed by atoms with Crippen molar-refractivity contribution < 1.29 is 9.53 Å². The van der Waals surface area contributed by atoms with Gasteiger partial charge in [-0.3, -0.25) is 0 Å². The van der Waals surface area contributed by atoms with Gasteiger partial charge in [0.2, 0.25) is 0 Å². The topological polar surface area (TPSA) is 29.5 Å². The highest BCUT2D eigenvalue weighted by molar-refractivity contribution is 7.98. The molecule has 1 unspecified atom stereocenters. The van der Waals surface area contributed by atoms with Crippen molar-refractivity contribution in [2.45, 2.75) is 17.7 Å². The maximum Gasteiger partial charge on any atom is 0.409 e. The Morgan fingerprint density at radius 1 is 1.44 bits per heavy atom. The smallest absolute Gasteiger partial charge is 0.409 e. The van der Waals surface area contributed by atoms with Crippen molar-refractivity contribution in [2.24, 2.45) is 5.92 Å². The Bertz CT molecular complexity index is 405. The summed E-state index contributed by atoms with van der Waals surface area (Å²) >= 11 is 1.76. The molecule has 18 heavy (non-hydrogen) atoms. The Balaban J connectivity index is 1.89. The van der Waals surface area contributed by atoms with Crippen LogP contribution in [-0.4, -0.2) is 37.4 Å². The second-order valence-electron chi connectivity index (χ2n) is 4.62. The molecule has 1 aromatic carbocycles. The van der Waals surface area contributed by atoms with E-state index in [2.05, 4.69) is 30.5 Å². The van der Waals surface area contributed by atoms with E-state index in [1.54, 1.807) is 16.7 Å². The first-order chi connectivity index (χ1) is 8.72. The summed E-state index contributed by atoms with van der Waals surface area (Å²) in [4.78, 5) is 14.5. The maximum atomic E-state index is 11.4. The summed E-state index contributed by atoms with van der Waals surface area (Å²) in [6, 6.07) is 8.69. The molecule has 0 aliphatic carbocycles. The number of benzene rings is 1. The number of hydrogen-bond donors (Lipinski definition) is 0. The Kier molecular flexibility index (Phi) is 4.53. The fourth-order valence-electron chi connectivity index (χ4n) is 2.39.